The molecule has 2 aromatic rings. The predicted octanol–water partition coefficient (Wildman–Crippen LogP) is 4.59. The van der Waals surface area contributed by atoms with Gasteiger partial charge in [0.2, 0.25) is 5.91 Å². The number of halogens is 2. The number of nitrogens with zero attached hydrogens (tertiary/aromatic N) is 1. The van der Waals surface area contributed by atoms with Crippen LogP contribution in [0, 0.1) is 10.1 Å². The molecule has 7 nitrogen and oxygen atoms in total. The van der Waals surface area contributed by atoms with E-state index in [0.29, 0.717) is 15.7 Å². The molecule has 2 rings (SSSR count). The molecule has 0 fully saturated rings. The molecular weight excluding hydrogens is 393 g/mol. The van der Waals surface area contributed by atoms with Gasteiger partial charge >= 0.3 is 0 Å². The molecule has 27 heavy (non-hydrogen) atoms. The molecular formula is C18H19Cl2N3O4. The summed E-state index contributed by atoms with van der Waals surface area (Å²) < 4.78 is 5.12. The van der Waals surface area contributed by atoms with Crippen molar-refractivity contribution in [3.8, 4) is 5.75 Å². The minimum absolute atomic E-state index is 0.123. The third-order valence-corrected chi connectivity index (χ3v) is 4.54. The number of non-ortho nitro benzene ring substituents is 1. The summed E-state index contributed by atoms with van der Waals surface area (Å²) in [6, 6.07) is 8.39. The Balaban J connectivity index is 2.08. The fourth-order valence-electron chi connectivity index (χ4n) is 2.53. The number of nitrogens with one attached hydrogen (secondary N) is 2. The zero-order valence-corrected chi connectivity index (χ0v) is 16.5. The highest BCUT2D eigenvalue weighted by Gasteiger charge is 2.20. The maximum Gasteiger partial charge on any atom is 0.273 e. The summed E-state index contributed by atoms with van der Waals surface area (Å²) in [5.41, 5.74) is 1.04. The zero-order valence-electron chi connectivity index (χ0n) is 15.0. The number of carbonyl (C=O) groups excluding carboxylic acids is 1. The van der Waals surface area contributed by atoms with Gasteiger partial charge in [-0.3, -0.25) is 20.2 Å². The van der Waals surface area contributed by atoms with Crippen LogP contribution in [-0.2, 0) is 4.79 Å². The lowest BCUT2D eigenvalue weighted by Crippen LogP contribution is -2.39. The molecule has 0 radical (unpaired) electrons. The average Bonchev–Trinajstić information content (AvgIpc) is 2.61. The van der Waals surface area contributed by atoms with Crippen molar-refractivity contribution in [3.63, 3.8) is 0 Å². The number of hydrogen-bond donors (Lipinski definition) is 2. The van der Waals surface area contributed by atoms with Gasteiger partial charge in [-0.25, -0.2) is 0 Å². The van der Waals surface area contributed by atoms with Crippen molar-refractivity contribution >= 4 is 40.5 Å². The first kappa shape index (κ1) is 21.0. The highest BCUT2D eigenvalue weighted by Crippen LogP contribution is 2.29. The Bertz CT molecular complexity index is 860. The Morgan fingerprint density at radius 2 is 1.89 bits per heavy atom. The SMILES string of the molecule is COc1cc([N+](=O)[O-])ccc1NC(=O)[C@@H](C)N[C@@H](C)c1ccc(Cl)cc1Cl. The number of anilines is 1. The van der Waals surface area contributed by atoms with Gasteiger partial charge in [0.15, 0.2) is 0 Å². The van der Waals surface area contributed by atoms with Crippen molar-refractivity contribution in [3.05, 3.63) is 62.1 Å². The van der Waals surface area contributed by atoms with E-state index in [-0.39, 0.29) is 23.4 Å². The van der Waals surface area contributed by atoms with Crippen LogP contribution in [0.25, 0.3) is 0 Å². The van der Waals surface area contributed by atoms with Gasteiger partial charge in [-0.05, 0) is 37.6 Å². The number of nitro benzene ring substituents is 1. The molecule has 0 aliphatic rings. The number of nitro groups is 1. The fraction of sp³-hybridized carbons (Fsp3) is 0.278. The second-order valence-electron chi connectivity index (χ2n) is 5.91. The molecule has 0 spiro atoms. The molecule has 0 saturated heterocycles. The number of methoxy groups -OCH3 is 1. The van der Waals surface area contributed by atoms with Crippen LogP contribution in [0.4, 0.5) is 11.4 Å². The van der Waals surface area contributed by atoms with E-state index in [2.05, 4.69) is 10.6 Å². The molecule has 9 heteroatoms. The lowest BCUT2D eigenvalue weighted by atomic mass is 10.1. The van der Waals surface area contributed by atoms with Crippen molar-refractivity contribution in [2.75, 3.05) is 12.4 Å². The molecule has 144 valence electrons. The van der Waals surface area contributed by atoms with Crippen molar-refractivity contribution in [2.24, 2.45) is 0 Å². The van der Waals surface area contributed by atoms with Crippen LogP contribution in [0.2, 0.25) is 10.0 Å². The smallest absolute Gasteiger partial charge is 0.273 e. The van der Waals surface area contributed by atoms with Crippen molar-refractivity contribution in [2.45, 2.75) is 25.9 Å². The minimum Gasteiger partial charge on any atom is -0.494 e. The Hall–Kier alpha value is -2.35. The van der Waals surface area contributed by atoms with Crippen molar-refractivity contribution in [1.82, 2.24) is 5.32 Å². The van der Waals surface area contributed by atoms with E-state index in [0.717, 1.165) is 5.56 Å². The number of ether oxygens (including phenoxy) is 1. The minimum atomic E-state index is -0.563. The van der Waals surface area contributed by atoms with E-state index in [1.807, 2.05) is 6.92 Å². The van der Waals surface area contributed by atoms with Gasteiger partial charge in [0.05, 0.1) is 29.8 Å². The molecule has 2 atom stereocenters. The largest absolute Gasteiger partial charge is 0.494 e. The fourth-order valence-corrected chi connectivity index (χ4v) is 3.10. The Kier molecular flexibility index (Phi) is 7.01. The normalized spacial score (nSPS) is 12.9. The highest BCUT2D eigenvalue weighted by molar-refractivity contribution is 6.35. The van der Waals surface area contributed by atoms with E-state index in [1.54, 1.807) is 25.1 Å². The first-order valence-corrected chi connectivity index (χ1v) is 8.82. The molecule has 0 aliphatic heterocycles. The topological polar surface area (TPSA) is 93.5 Å². The lowest BCUT2D eigenvalue weighted by molar-refractivity contribution is -0.384. The molecule has 0 saturated carbocycles. The zero-order chi connectivity index (χ0) is 20.1. The van der Waals surface area contributed by atoms with Crippen molar-refractivity contribution in [1.29, 1.82) is 0 Å². The third-order valence-electron chi connectivity index (χ3n) is 3.98. The van der Waals surface area contributed by atoms with Crippen molar-refractivity contribution < 1.29 is 14.5 Å². The second kappa shape index (κ2) is 9.03. The predicted molar refractivity (Wildman–Crippen MR) is 106 cm³/mol. The van der Waals surface area contributed by atoms with Crippen LogP contribution in [0.15, 0.2) is 36.4 Å². The first-order valence-electron chi connectivity index (χ1n) is 8.07. The van der Waals surface area contributed by atoms with Gasteiger partial charge in [-0.1, -0.05) is 29.3 Å². The van der Waals surface area contributed by atoms with Gasteiger partial charge in [-0.2, -0.15) is 0 Å². The average molecular weight is 412 g/mol. The van der Waals surface area contributed by atoms with E-state index in [1.165, 1.54) is 25.3 Å². The van der Waals surface area contributed by atoms with Gasteiger partial charge < -0.3 is 10.1 Å². The number of benzene rings is 2. The highest BCUT2D eigenvalue weighted by atomic mass is 35.5. The second-order valence-corrected chi connectivity index (χ2v) is 6.75. The number of hydrogen-bond acceptors (Lipinski definition) is 5. The summed E-state index contributed by atoms with van der Waals surface area (Å²) in [5, 5.41) is 17.7. The van der Waals surface area contributed by atoms with Crippen LogP contribution in [0.3, 0.4) is 0 Å². The maximum atomic E-state index is 12.5. The Labute approximate surface area is 166 Å². The van der Waals surface area contributed by atoms with Crippen LogP contribution in [0.5, 0.6) is 5.75 Å². The molecule has 0 aromatic heterocycles. The molecule has 2 N–H and O–H groups in total. The Morgan fingerprint density at radius 3 is 2.48 bits per heavy atom. The quantitative estimate of drug-likeness (QED) is 0.513. The standard InChI is InChI=1S/C18H19Cl2N3O4/c1-10(14-6-4-12(19)8-15(14)20)21-11(2)18(24)22-16-7-5-13(23(25)26)9-17(16)27-3/h4-11,21H,1-3H3,(H,22,24)/t10-,11+/m0/s1. The van der Waals surface area contributed by atoms with Gasteiger partial charge in [0.1, 0.15) is 5.75 Å². The molecule has 0 unspecified atom stereocenters. The van der Waals surface area contributed by atoms with Gasteiger partial charge in [0, 0.05) is 22.2 Å². The number of rotatable bonds is 7. The van der Waals surface area contributed by atoms with Crippen LogP contribution in [-0.4, -0.2) is 24.0 Å². The van der Waals surface area contributed by atoms with E-state index in [9.17, 15) is 14.9 Å². The monoisotopic (exact) mass is 411 g/mol. The molecule has 1 amide bonds. The number of amides is 1. The molecule has 2 aromatic carbocycles. The summed E-state index contributed by atoms with van der Waals surface area (Å²) in [5.74, 6) is -0.113. The first-order chi connectivity index (χ1) is 12.7. The lowest BCUT2D eigenvalue weighted by Gasteiger charge is -2.21. The Morgan fingerprint density at radius 1 is 1.19 bits per heavy atom. The molecule has 0 aliphatic carbocycles. The van der Waals surface area contributed by atoms with E-state index < -0.39 is 11.0 Å². The molecule has 0 heterocycles. The maximum absolute atomic E-state index is 12.5. The van der Waals surface area contributed by atoms with E-state index in [4.69, 9.17) is 27.9 Å². The van der Waals surface area contributed by atoms with Crippen LogP contribution in [0.1, 0.15) is 25.5 Å². The number of carbonyl (C=O) groups is 1. The summed E-state index contributed by atoms with van der Waals surface area (Å²) in [7, 11) is 1.38. The summed E-state index contributed by atoms with van der Waals surface area (Å²) in [6.07, 6.45) is 0. The molecule has 0 bridgehead atoms. The summed E-state index contributed by atoms with van der Waals surface area (Å²) in [6.45, 7) is 3.58. The summed E-state index contributed by atoms with van der Waals surface area (Å²) in [4.78, 5) is 22.8. The van der Waals surface area contributed by atoms with Gasteiger partial charge in [0.25, 0.3) is 5.69 Å². The van der Waals surface area contributed by atoms with Crippen LogP contribution >= 0.6 is 23.2 Å². The third kappa shape index (κ3) is 5.32. The van der Waals surface area contributed by atoms with Crippen LogP contribution < -0.4 is 15.4 Å². The summed E-state index contributed by atoms with van der Waals surface area (Å²) >= 11 is 12.1. The van der Waals surface area contributed by atoms with Gasteiger partial charge in [-0.15, -0.1) is 0 Å². The van der Waals surface area contributed by atoms with E-state index >= 15 is 0 Å².